The van der Waals surface area contributed by atoms with Gasteiger partial charge in [0.2, 0.25) is 5.91 Å². The van der Waals surface area contributed by atoms with Crippen molar-refractivity contribution in [2.24, 2.45) is 5.10 Å². The number of nitrogens with zero attached hydrogens (tertiary/aromatic N) is 3. The van der Waals surface area contributed by atoms with Crippen molar-refractivity contribution in [1.82, 2.24) is 10.3 Å². The molecule has 1 N–H and O–H groups in total. The summed E-state index contributed by atoms with van der Waals surface area (Å²) in [5, 5.41) is 3.81. The second-order valence-electron chi connectivity index (χ2n) is 4.69. The van der Waals surface area contributed by atoms with Crippen LogP contribution in [-0.4, -0.2) is 49.7 Å². The standard InChI is InChI=1S/C15H19FN4O/c1-2-7-17-18-12-15(21)20-10-8-19(9-11-20)14-5-3-13(16)4-6-14/h2-7,18H,1,8-12H2/b17-7-. The van der Waals surface area contributed by atoms with Gasteiger partial charge in [-0.2, -0.15) is 5.10 Å². The number of halogens is 1. The normalized spacial score (nSPS) is 15.3. The van der Waals surface area contributed by atoms with E-state index in [-0.39, 0.29) is 18.3 Å². The van der Waals surface area contributed by atoms with E-state index in [2.05, 4.69) is 22.0 Å². The lowest BCUT2D eigenvalue weighted by Crippen LogP contribution is -2.50. The predicted octanol–water partition coefficient (Wildman–Crippen LogP) is 1.24. The zero-order valence-electron chi connectivity index (χ0n) is 11.8. The van der Waals surface area contributed by atoms with Gasteiger partial charge in [-0.15, -0.1) is 0 Å². The molecule has 1 aromatic carbocycles. The fourth-order valence-corrected chi connectivity index (χ4v) is 2.20. The highest BCUT2D eigenvalue weighted by Gasteiger charge is 2.20. The van der Waals surface area contributed by atoms with Crippen molar-refractivity contribution in [2.45, 2.75) is 0 Å². The number of nitrogens with one attached hydrogen (secondary N) is 1. The lowest BCUT2D eigenvalue weighted by molar-refractivity contribution is -0.130. The van der Waals surface area contributed by atoms with E-state index in [4.69, 9.17) is 0 Å². The predicted molar refractivity (Wildman–Crippen MR) is 81.9 cm³/mol. The molecule has 0 radical (unpaired) electrons. The summed E-state index contributed by atoms with van der Waals surface area (Å²) in [7, 11) is 0. The molecule has 1 aromatic rings. The smallest absolute Gasteiger partial charge is 0.243 e. The van der Waals surface area contributed by atoms with Crippen LogP contribution in [0, 0.1) is 5.82 Å². The summed E-state index contributed by atoms with van der Waals surface area (Å²) in [5.74, 6) is -0.214. The Balaban J connectivity index is 1.79. The molecule has 0 saturated carbocycles. The number of carbonyl (C=O) groups excluding carboxylic acids is 1. The Labute approximate surface area is 123 Å². The zero-order valence-corrected chi connectivity index (χ0v) is 11.8. The van der Waals surface area contributed by atoms with Gasteiger partial charge in [0, 0.05) is 38.1 Å². The first-order chi connectivity index (χ1) is 10.2. The molecular formula is C15H19FN4O. The first kappa shape index (κ1) is 15.0. The third kappa shape index (κ3) is 4.30. The topological polar surface area (TPSA) is 47.9 Å². The van der Waals surface area contributed by atoms with Gasteiger partial charge in [-0.1, -0.05) is 6.58 Å². The fourth-order valence-electron chi connectivity index (χ4n) is 2.20. The fraction of sp³-hybridized carbons (Fsp3) is 0.333. The minimum atomic E-state index is -0.237. The number of piperazine rings is 1. The van der Waals surface area contributed by atoms with Crippen LogP contribution in [0.3, 0.4) is 0 Å². The molecule has 0 aromatic heterocycles. The van der Waals surface area contributed by atoms with Gasteiger partial charge >= 0.3 is 0 Å². The quantitative estimate of drug-likeness (QED) is 0.655. The number of hydrogen-bond acceptors (Lipinski definition) is 4. The molecule has 1 heterocycles. The van der Waals surface area contributed by atoms with E-state index in [1.807, 2.05) is 0 Å². The van der Waals surface area contributed by atoms with Crippen LogP contribution in [0.1, 0.15) is 0 Å². The summed E-state index contributed by atoms with van der Waals surface area (Å²) in [5.41, 5.74) is 3.67. The highest BCUT2D eigenvalue weighted by molar-refractivity contribution is 5.79. The molecule has 1 aliphatic heterocycles. The molecule has 112 valence electrons. The monoisotopic (exact) mass is 290 g/mol. The molecule has 6 heteroatoms. The van der Waals surface area contributed by atoms with Crippen molar-refractivity contribution in [3.8, 4) is 0 Å². The number of amides is 1. The van der Waals surface area contributed by atoms with E-state index in [1.165, 1.54) is 18.3 Å². The van der Waals surface area contributed by atoms with Gasteiger partial charge in [0.05, 0.1) is 0 Å². The molecule has 5 nitrogen and oxygen atoms in total. The first-order valence-corrected chi connectivity index (χ1v) is 6.86. The van der Waals surface area contributed by atoms with Gasteiger partial charge in [0.1, 0.15) is 12.4 Å². The van der Waals surface area contributed by atoms with Crippen LogP contribution in [-0.2, 0) is 4.79 Å². The summed E-state index contributed by atoms with van der Waals surface area (Å²) in [6, 6.07) is 6.43. The number of allylic oxidation sites excluding steroid dienone is 1. The van der Waals surface area contributed by atoms with Crippen molar-refractivity contribution >= 4 is 17.8 Å². The molecule has 0 aliphatic carbocycles. The Kier molecular flexibility index (Phi) is 5.31. The molecule has 1 fully saturated rings. The molecule has 21 heavy (non-hydrogen) atoms. The van der Waals surface area contributed by atoms with Crippen LogP contribution in [0.15, 0.2) is 42.0 Å². The van der Waals surface area contributed by atoms with Gasteiger partial charge in [0.25, 0.3) is 0 Å². The van der Waals surface area contributed by atoms with E-state index < -0.39 is 0 Å². The Hall–Kier alpha value is -2.37. The number of hydrogen-bond donors (Lipinski definition) is 1. The molecule has 0 spiro atoms. The minimum Gasteiger partial charge on any atom is -0.368 e. The van der Waals surface area contributed by atoms with Gasteiger partial charge in [-0.05, 0) is 30.3 Å². The lowest BCUT2D eigenvalue weighted by atomic mass is 10.2. The second-order valence-corrected chi connectivity index (χ2v) is 4.69. The number of benzene rings is 1. The Morgan fingerprint density at radius 2 is 1.95 bits per heavy atom. The number of carbonyl (C=O) groups is 1. The average molecular weight is 290 g/mol. The summed E-state index contributed by atoms with van der Waals surface area (Å²) in [6.07, 6.45) is 3.04. The van der Waals surface area contributed by atoms with Crippen molar-refractivity contribution in [3.63, 3.8) is 0 Å². The van der Waals surface area contributed by atoms with Crippen molar-refractivity contribution in [1.29, 1.82) is 0 Å². The van der Waals surface area contributed by atoms with Crippen molar-refractivity contribution in [3.05, 3.63) is 42.7 Å². The second kappa shape index (κ2) is 7.42. The van der Waals surface area contributed by atoms with E-state index in [0.29, 0.717) is 13.1 Å². The summed E-state index contributed by atoms with van der Waals surface area (Å²) in [4.78, 5) is 15.9. The van der Waals surface area contributed by atoms with Gasteiger partial charge in [-0.25, -0.2) is 4.39 Å². The summed E-state index contributed by atoms with van der Waals surface area (Å²) >= 11 is 0. The number of hydrazone groups is 1. The molecule has 2 rings (SSSR count). The maximum atomic E-state index is 12.9. The molecule has 1 aliphatic rings. The molecule has 1 saturated heterocycles. The van der Waals surface area contributed by atoms with Crippen molar-refractivity contribution < 1.29 is 9.18 Å². The molecule has 0 atom stereocenters. The largest absolute Gasteiger partial charge is 0.368 e. The summed E-state index contributed by atoms with van der Waals surface area (Å²) in [6.45, 7) is 6.48. The van der Waals surface area contributed by atoms with E-state index in [1.54, 1.807) is 23.1 Å². The molecular weight excluding hydrogens is 271 g/mol. The van der Waals surface area contributed by atoms with Crippen LogP contribution in [0.4, 0.5) is 10.1 Å². The van der Waals surface area contributed by atoms with E-state index >= 15 is 0 Å². The van der Waals surface area contributed by atoms with Crippen LogP contribution < -0.4 is 10.3 Å². The van der Waals surface area contributed by atoms with Crippen LogP contribution in [0.25, 0.3) is 0 Å². The van der Waals surface area contributed by atoms with Crippen LogP contribution in [0.2, 0.25) is 0 Å². The molecule has 1 amide bonds. The maximum Gasteiger partial charge on any atom is 0.243 e. The SMILES string of the molecule is C=C/C=N\NCC(=O)N1CCN(c2ccc(F)cc2)CC1. The summed E-state index contributed by atoms with van der Waals surface area (Å²) < 4.78 is 12.9. The van der Waals surface area contributed by atoms with Crippen molar-refractivity contribution in [2.75, 3.05) is 37.6 Å². The highest BCUT2D eigenvalue weighted by atomic mass is 19.1. The number of rotatable bonds is 5. The third-order valence-electron chi connectivity index (χ3n) is 3.33. The van der Waals surface area contributed by atoms with E-state index in [9.17, 15) is 9.18 Å². The maximum absolute atomic E-state index is 12.9. The molecule has 0 bridgehead atoms. The Bertz CT molecular complexity index is 507. The van der Waals surface area contributed by atoms with Crippen LogP contribution in [0.5, 0.6) is 0 Å². The average Bonchev–Trinajstić information content (AvgIpc) is 2.52. The zero-order chi connectivity index (χ0) is 15.1. The lowest BCUT2D eigenvalue weighted by Gasteiger charge is -2.36. The minimum absolute atomic E-state index is 0.0231. The van der Waals surface area contributed by atoms with Crippen LogP contribution >= 0.6 is 0 Å². The van der Waals surface area contributed by atoms with Gasteiger partial charge in [-0.3, -0.25) is 4.79 Å². The first-order valence-electron chi connectivity index (χ1n) is 6.86. The van der Waals surface area contributed by atoms with Gasteiger partial charge in [0.15, 0.2) is 0 Å². The van der Waals surface area contributed by atoms with E-state index in [0.717, 1.165) is 18.8 Å². The molecule has 0 unspecified atom stereocenters. The third-order valence-corrected chi connectivity index (χ3v) is 3.33. The Morgan fingerprint density at radius 1 is 1.29 bits per heavy atom. The number of anilines is 1. The highest BCUT2D eigenvalue weighted by Crippen LogP contribution is 2.16. The van der Waals surface area contributed by atoms with Gasteiger partial charge < -0.3 is 15.2 Å². The Morgan fingerprint density at radius 3 is 2.57 bits per heavy atom.